The molecular weight excluding hydrogens is 316 g/mol. The van der Waals surface area contributed by atoms with Gasteiger partial charge in [-0.15, -0.1) is 0 Å². The smallest absolute Gasteiger partial charge is 0.327 e. The second-order valence-corrected chi connectivity index (χ2v) is 7.89. The first-order valence-corrected chi connectivity index (χ1v) is 9.21. The van der Waals surface area contributed by atoms with Gasteiger partial charge < -0.3 is 15.3 Å². The lowest BCUT2D eigenvalue weighted by atomic mass is 10.0. The van der Waals surface area contributed by atoms with E-state index in [9.17, 15) is 9.59 Å². The van der Waals surface area contributed by atoms with E-state index in [0.29, 0.717) is 11.7 Å². The number of carboxylic acids is 1. The molecule has 8 heteroatoms. The molecule has 114 valence electrons. The molecule has 0 spiro atoms. The number of carbonyl (C=O) groups is 2. The first kappa shape index (κ1) is 17.6. The van der Waals surface area contributed by atoms with Crippen LogP contribution in [0.1, 0.15) is 26.7 Å². The zero-order chi connectivity index (χ0) is 15.1. The molecular formula is C12H20N2O3S3. The average Bonchev–Trinajstić information content (AvgIpc) is 2.36. The van der Waals surface area contributed by atoms with Crippen molar-refractivity contribution in [2.45, 2.75) is 32.7 Å². The molecule has 20 heavy (non-hydrogen) atoms. The van der Waals surface area contributed by atoms with E-state index in [-0.39, 0.29) is 5.91 Å². The van der Waals surface area contributed by atoms with Crippen molar-refractivity contribution in [1.29, 1.82) is 0 Å². The molecule has 1 aliphatic rings. The molecule has 1 heterocycles. The van der Waals surface area contributed by atoms with Crippen LogP contribution in [0, 0.1) is 5.92 Å². The number of thiocarbonyl (C=S) groups is 1. The largest absolute Gasteiger partial charge is 0.480 e. The number of carboxylic acid groups (broad SMARTS) is 1. The number of nitrogens with zero attached hydrogens (tertiary/aromatic N) is 1. The Balaban J connectivity index is 2.32. The summed E-state index contributed by atoms with van der Waals surface area (Å²) in [4.78, 5) is 24.1. The number of hydrogen-bond donors (Lipinski definition) is 2. The number of aliphatic carboxylic acids is 1. The Morgan fingerprint density at radius 2 is 2.25 bits per heavy atom. The van der Waals surface area contributed by atoms with Gasteiger partial charge in [-0.2, -0.15) is 0 Å². The van der Waals surface area contributed by atoms with Crippen LogP contribution >= 0.6 is 33.8 Å². The Labute approximate surface area is 132 Å². The van der Waals surface area contributed by atoms with Crippen LogP contribution in [0.15, 0.2) is 0 Å². The van der Waals surface area contributed by atoms with Crippen molar-refractivity contribution in [2.24, 2.45) is 5.92 Å². The topological polar surface area (TPSA) is 69.6 Å². The SMILES string of the molecule is CC(=O)N[C@@H](CSSC(=S)N1CCCC(C)C1)C(=O)O. The normalized spacial score (nSPS) is 20.3. The maximum absolute atomic E-state index is 11.0. The fourth-order valence-electron chi connectivity index (χ4n) is 1.98. The molecule has 0 saturated carbocycles. The fourth-order valence-corrected chi connectivity index (χ4v) is 4.61. The Morgan fingerprint density at radius 1 is 1.55 bits per heavy atom. The van der Waals surface area contributed by atoms with Gasteiger partial charge >= 0.3 is 5.97 Å². The van der Waals surface area contributed by atoms with Crippen molar-refractivity contribution in [3.05, 3.63) is 0 Å². The van der Waals surface area contributed by atoms with Gasteiger partial charge in [0.1, 0.15) is 10.4 Å². The highest BCUT2D eigenvalue weighted by molar-refractivity contribution is 8.83. The van der Waals surface area contributed by atoms with E-state index in [1.165, 1.54) is 34.9 Å². The summed E-state index contributed by atoms with van der Waals surface area (Å²) in [7, 11) is 2.79. The summed E-state index contributed by atoms with van der Waals surface area (Å²) in [5.41, 5.74) is 0. The van der Waals surface area contributed by atoms with Gasteiger partial charge in [0.05, 0.1) is 0 Å². The highest BCUT2D eigenvalue weighted by Gasteiger charge is 2.21. The Kier molecular flexibility index (Phi) is 7.68. The molecule has 2 N–H and O–H groups in total. The predicted molar refractivity (Wildman–Crippen MR) is 87.9 cm³/mol. The summed E-state index contributed by atoms with van der Waals surface area (Å²) in [6.07, 6.45) is 2.39. The monoisotopic (exact) mass is 336 g/mol. The van der Waals surface area contributed by atoms with Crippen LogP contribution in [0.25, 0.3) is 0 Å². The highest BCUT2D eigenvalue weighted by Crippen LogP contribution is 2.28. The minimum absolute atomic E-state index is 0.295. The third kappa shape index (κ3) is 6.32. The molecule has 0 aromatic rings. The third-order valence-electron chi connectivity index (χ3n) is 2.96. The van der Waals surface area contributed by atoms with E-state index >= 15 is 0 Å². The summed E-state index contributed by atoms with van der Waals surface area (Å²) < 4.78 is 0.800. The van der Waals surface area contributed by atoms with Gasteiger partial charge in [-0.05, 0) is 29.6 Å². The minimum atomic E-state index is -1.02. The number of rotatable bonds is 5. The lowest BCUT2D eigenvalue weighted by Crippen LogP contribution is -2.41. The molecule has 0 bridgehead atoms. The second-order valence-electron chi connectivity index (χ2n) is 4.92. The van der Waals surface area contributed by atoms with Crippen LogP contribution in [0.2, 0.25) is 0 Å². The molecule has 2 atom stereocenters. The molecule has 1 aliphatic heterocycles. The molecule has 1 fully saturated rings. The van der Waals surface area contributed by atoms with E-state index in [1.807, 2.05) is 0 Å². The maximum atomic E-state index is 11.0. The van der Waals surface area contributed by atoms with Crippen molar-refractivity contribution in [3.8, 4) is 0 Å². The van der Waals surface area contributed by atoms with Crippen LogP contribution < -0.4 is 5.32 Å². The number of hydrogen-bond acceptors (Lipinski definition) is 5. The van der Waals surface area contributed by atoms with Crippen LogP contribution in [0.5, 0.6) is 0 Å². The number of carbonyl (C=O) groups excluding carboxylic acids is 1. The molecule has 1 rings (SSSR count). The van der Waals surface area contributed by atoms with Gasteiger partial charge in [0, 0.05) is 25.8 Å². The summed E-state index contributed by atoms with van der Waals surface area (Å²) in [5, 5.41) is 11.4. The molecule has 1 saturated heterocycles. The van der Waals surface area contributed by atoms with Crippen molar-refractivity contribution in [2.75, 3.05) is 18.8 Å². The van der Waals surface area contributed by atoms with Crippen molar-refractivity contribution in [3.63, 3.8) is 0 Å². The van der Waals surface area contributed by atoms with Crippen molar-refractivity contribution >= 4 is 50.0 Å². The Bertz CT molecular complexity index is 379. The van der Waals surface area contributed by atoms with Crippen molar-refractivity contribution in [1.82, 2.24) is 10.2 Å². The second kappa shape index (κ2) is 8.74. The molecule has 0 radical (unpaired) electrons. The van der Waals surface area contributed by atoms with Gasteiger partial charge in [-0.3, -0.25) is 4.79 Å². The van der Waals surface area contributed by atoms with Crippen LogP contribution in [0.4, 0.5) is 0 Å². The number of amides is 1. The molecule has 0 aromatic heterocycles. The maximum Gasteiger partial charge on any atom is 0.327 e. The molecule has 5 nitrogen and oxygen atoms in total. The summed E-state index contributed by atoms with van der Waals surface area (Å²) in [5.74, 6) is -0.414. The Hall–Kier alpha value is -0.470. The first-order valence-electron chi connectivity index (χ1n) is 6.48. The average molecular weight is 337 g/mol. The summed E-state index contributed by atoms with van der Waals surface area (Å²) in [6.45, 7) is 5.47. The van der Waals surface area contributed by atoms with E-state index < -0.39 is 12.0 Å². The fraction of sp³-hybridized carbons (Fsp3) is 0.750. The molecule has 0 aliphatic carbocycles. The predicted octanol–water partition coefficient (Wildman–Crippen LogP) is 1.97. The molecule has 1 unspecified atom stereocenters. The van der Waals surface area contributed by atoms with Crippen LogP contribution in [-0.4, -0.2) is 51.1 Å². The van der Waals surface area contributed by atoms with E-state index in [0.717, 1.165) is 23.8 Å². The van der Waals surface area contributed by atoms with Crippen LogP contribution in [0.3, 0.4) is 0 Å². The quantitative estimate of drug-likeness (QED) is 0.587. The minimum Gasteiger partial charge on any atom is -0.480 e. The van der Waals surface area contributed by atoms with Crippen molar-refractivity contribution < 1.29 is 14.7 Å². The first-order chi connectivity index (χ1) is 9.40. The zero-order valence-electron chi connectivity index (χ0n) is 11.6. The van der Waals surface area contributed by atoms with Gasteiger partial charge in [0.15, 0.2) is 0 Å². The zero-order valence-corrected chi connectivity index (χ0v) is 14.1. The standard InChI is InChI=1S/C12H20N2O3S3/c1-8-4-3-5-14(6-8)12(18)20-19-7-10(11(16)17)13-9(2)15/h8,10H,3-7H2,1-2H3,(H,13,15)(H,16,17)/t8?,10-/m0/s1. The number of likely N-dealkylation sites (tertiary alicyclic amines) is 1. The third-order valence-corrected chi connectivity index (χ3v) is 6.00. The highest BCUT2D eigenvalue weighted by atomic mass is 33.1. The molecule has 1 amide bonds. The van der Waals surface area contributed by atoms with Gasteiger partial charge in [0.25, 0.3) is 0 Å². The Morgan fingerprint density at radius 3 is 2.80 bits per heavy atom. The lowest BCUT2D eigenvalue weighted by Gasteiger charge is -2.32. The van der Waals surface area contributed by atoms with E-state index in [2.05, 4.69) is 17.1 Å². The lowest BCUT2D eigenvalue weighted by molar-refractivity contribution is -0.140. The van der Waals surface area contributed by atoms with Gasteiger partial charge in [0.2, 0.25) is 5.91 Å². The van der Waals surface area contributed by atoms with Gasteiger partial charge in [-0.1, -0.05) is 29.9 Å². The number of piperidine rings is 1. The summed E-state index contributed by atoms with van der Waals surface area (Å²) >= 11 is 5.37. The van der Waals surface area contributed by atoms with Crippen LogP contribution in [-0.2, 0) is 9.59 Å². The number of nitrogens with one attached hydrogen (secondary N) is 1. The van der Waals surface area contributed by atoms with E-state index in [4.69, 9.17) is 17.3 Å². The van der Waals surface area contributed by atoms with Gasteiger partial charge in [-0.25, -0.2) is 4.79 Å². The summed E-state index contributed by atoms with van der Waals surface area (Å²) in [6, 6.07) is -0.868. The molecule has 0 aromatic carbocycles. The van der Waals surface area contributed by atoms with E-state index in [1.54, 1.807) is 0 Å².